The van der Waals surface area contributed by atoms with Crippen LogP contribution in [0.3, 0.4) is 0 Å². The molecule has 124 valence electrons. The summed E-state index contributed by atoms with van der Waals surface area (Å²) in [5, 5.41) is 13.5. The van der Waals surface area contributed by atoms with Gasteiger partial charge in [-0.25, -0.2) is 4.79 Å². The molecule has 0 bridgehead atoms. The van der Waals surface area contributed by atoms with Crippen molar-refractivity contribution in [2.24, 2.45) is 0 Å². The van der Waals surface area contributed by atoms with Crippen LogP contribution in [0.15, 0.2) is 18.2 Å². The van der Waals surface area contributed by atoms with Gasteiger partial charge in [-0.3, -0.25) is 14.9 Å². The molecule has 0 unspecified atom stereocenters. The van der Waals surface area contributed by atoms with Gasteiger partial charge in [-0.2, -0.15) is 0 Å². The van der Waals surface area contributed by atoms with Crippen molar-refractivity contribution in [2.75, 3.05) is 19.8 Å². The third-order valence-corrected chi connectivity index (χ3v) is 3.53. The number of carbonyl (C=O) groups is 2. The summed E-state index contributed by atoms with van der Waals surface area (Å²) in [5.74, 6) is -1.21. The average Bonchev–Trinajstić information content (AvgIpc) is 3.04. The third-order valence-electron chi connectivity index (χ3n) is 3.53. The maximum absolute atomic E-state index is 11.8. The molecule has 8 heteroatoms. The van der Waals surface area contributed by atoms with E-state index in [1.807, 2.05) is 0 Å². The summed E-state index contributed by atoms with van der Waals surface area (Å²) in [6.45, 7) is 2.22. The highest BCUT2D eigenvalue weighted by molar-refractivity contribution is 5.92. The summed E-state index contributed by atoms with van der Waals surface area (Å²) in [4.78, 5) is 33.7. The number of hydrogen-bond donors (Lipinski definition) is 1. The number of benzene rings is 1. The molecule has 1 N–H and O–H groups in total. The predicted octanol–water partition coefficient (Wildman–Crippen LogP) is 1.36. The molecule has 1 aliphatic heterocycles. The molecule has 0 saturated carbocycles. The summed E-state index contributed by atoms with van der Waals surface area (Å²) in [6, 6.07) is 4.03. The van der Waals surface area contributed by atoms with Crippen molar-refractivity contribution in [1.82, 2.24) is 5.32 Å². The fourth-order valence-corrected chi connectivity index (χ4v) is 2.23. The van der Waals surface area contributed by atoms with E-state index in [1.54, 1.807) is 6.92 Å². The highest BCUT2D eigenvalue weighted by atomic mass is 16.6. The molecule has 0 radical (unpaired) electrons. The van der Waals surface area contributed by atoms with Crippen LogP contribution in [0.4, 0.5) is 5.69 Å². The van der Waals surface area contributed by atoms with Gasteiger partial charge in [0.1, 0.15) is 0 Å². The van der Waals surface area contributed by atoms with Crippen LogP contribution in [0.5, 0.6) is 0 Å². The largest absolute Gasteiger partial charge is 0.452 e. The first-order valence-electron chi connectivity index (χ1n) is 7.28. The van der Waals surface area contributed by atoms with Gasteiger partial charge in [0.05, 0.1) is 16.6 Å². The first kappa shape index (κ1) is 16.9. The summed E-state index contributed by atoms with van der Waals surface area (Å²) < 4.78 is 10.2. The second-order valence-corrected chi connectivity index (χ2v) is 5.27. The van der Waals surface area contributed by atoms with E-state index in [1.165, 1.54) is 12.1 Å². The number of hydrogen-bond acceptors (Lipinski definition) is 6. The molecule has 0 aromatic heterocycles. The number of nitrogens with one attached hydrogen (secondary N) is 1. The van der Waals surface area contributed by atoms with Gasteiger partial charge in [0, 0.05) is 24.8 Å². The fraction of sp³-hybridized carbons (Fsp3) is 0.467. The van der Waals surface area contributed by atoms with Crippen molar-refractivity contribution < 1.29 is 24.0 Å². The molecule has 0 spiro atoms. The van der Waals surface area contributed by atoms with E-state index in [2.05, 4.69) is 5.32 Å². The number of ether oxygens (including phenoxy) is 2. The Morgan fingerprint density at radius 3 is 2.91 bits per heavy atom. The van der Waals surface area contributed by atoms with Gasteiger partial charge < -0.3 is 14.8 Å². The Labute approximate surface area is 132 Å². The van der Waals surface area contributed by atoms with E-state index >= 15 is 0 Å². The van der Waals surface area contributed by atoms with Gasteiger partial charge in [0.15, 0.2) is 6.61 Å². The summed E-state index contributed by atoms with van der Waals surface area (Å²) in [6.07, 6.45) is 1.88. The number of nitrogens with zero attached hydrogens (tertiary/aromatic N) is 1. The number of esters is 1. The molecule has 1 aliphatic rings. The van der Waals surface area contributed by atoms with Crippen molar-refractivity contribution in [3.8, 4) is 0 Å². The Bertz CT molecular complexity index is 610. The van der Waals surface area contributed by atoms with Crippen LogP contribution in [-0.2, 0) is 14.3 Å². The molecule has 1 amide bonds. The van der Waals surface area contributed by atoms with Gasteiger partial charge in [-0.05, 0) is 25.8 Å². The number of amides is 1. The summed E-state index contributed by atoms with van der Waals surface area (Å²) in [7, 11) is 0. The first-order valence-corrected chi connectivity index (χ1v) is 7.28. The van der Waals surface area contributed by atoms with Gasteiger partial charge >= 0.3 is 5.97 Å². The van der Waals surface area contributed by atoms with Crippen molar-refractivity contribution in [1.29, 1.82) is 0 Å². The minimum atomic E-state index is -0.777. The lowest BCUT2D eigenvalue weighted by molar-refractivity contribution is -0.385. The minimum Gasteiger partial charge on any atom is -0.452 e. The van der Waals surface area contributed by atoms with Crippen LogP contribution < -0.4 is 5.32 Å². The zero-order valence-electron chi connectivity index (χ0n) is 12.7. The Morgan fingerprint density at radius 2 is 2.26 bits per heavy atom. The molecule has 2 rings (SSSR count). The molecule has 1 heterocycles. The van der Waals surface area contributed by atoms with Crippen LogP contribution in [-0.4, -0.2) is 42.7 Å². The Hall–Kier alpha value is -2.48. The van der Waals surface area contributed by atoms with E-state index < -0.39 is 23.4 Å². The third kappa shape index (κ3) is 4.75. The SMILES string of the molecule is Cc1ccc(C(=O)OCC(=O)NC[C@H]2CCCO2)cc1[N+](=O)[O-]. The number of nitro benzene ring substituents is 1. The summed E-state index contributed by atoms with van der Waals surface area (Å²) in [5.41, 5.74) is 0.317. The second kappa shape index (κ2) is 7.68. The van der Waals surface area contributed by atoms with Gasteiger partial charge in [-0.15, -0.1) is 0 Å². The number of rotatable bonds is 6. The monoisotopic (exact) mass is 322 g/mol. The molecular formula is C15H18N2O6. The minimum absolute atomic E-state index is 0.00870. The molecular weight excluding hydrogens is 304 g/mol. The van der Waals surface area contributed by atoms with Crippen LogP contribution in [0.1, 0.15) is 28.8 Å². The Balaban J connectivity index is 1.83. The topological polar surface area (TPSA) is 108 Å². The smallest absolute Gasteiger partial charge is 0.338 e. The second-order valence-electron chi connectivity index (χ2n) is 5.27. The molecule has 1 saturated heterocycles. The molecule has 1 atom stereocenters. The van der Waals surface area contributed by atoms with Crippen LogP contribution in [0.2, 0.25) is 0 Å². The standard InChI is InChI=1S/C15H18N2O6/c1-10-4-5-11(7-13(10)17(20)21)15(19)23-9-14(18)16-8-12-3-2-6-22-12/h4-5,7,12H,2-3,6,8-9H2,1H3,(H,16,18)/t12-/m1/s1. The van der Waals surface area contributed by atoms with Crippen LogP contribution in [0, 0.1) is 17.0 Å². The van der Waals surface area contributed by atoms with Gasteiger partial charge in [-0.1, -0.05) is 6.07 Å². The predicted molar refractivity (Wildman–Crippen MR) is 80.1 cm³/mol. The highest BCUT2D eigenvalue weighted by Crippen LogP contribution is 2.19. The van der Waals surface area contributed by atoms with Gasteiger partial charge in [0.25, 0.3) is 11.6 Å². The van der Waals surface area contributed by atoms with E-state index in [0.717, 1.165) is 18.9 Å². The fourth-order valence-electron chi connectivity index (χ4n) is 2.23. The molecule has 23 heavy (non-hydrogen) atoms. The number of carbonyl (C=O) groups excluding carboxylic acids is 2. The first-order chi connectivity index (χ1) is 11.0. The number of nitro groups is 1. The zero-order valence-corrected chi connectivity index (χ0v) is 12.7. The zero-order chi connectivity index (χ0) is 16.8. The average molecular weight is 322 g/mol. The van der Waals surface area contributed by atoms with Crippen LogP contribution in [0.25, 0.3) is 0 Å². The van der Waals surface area contributed by atoms with Crippen LogP contribution >= 0.6 is 0 Å². The lowest BCUT2D eigenvalue weighted by atomic mass is 10.1. The molecule has 1 aromatic rings. The van der Waals surface area contributed by atoms with E-state index in [9.17, 15) is 19.7 Å². The highest BCUT2D eigenvalue weighted by Gasteiger charge is 2.18. The lowest BCUT2D eigenvalue weighted by Crippen LogP contribution is -2.34. The van der Waals surface area contributed by atoms with Crippen molar-refractivity contribution in [3.05, 3.63) is 39.4 Å². The molecule has 1 aromatic carbocycles. The maximum Gasteiger partial charge on any atom is 0.338 e. The molecule has 8 nitrogen and oxygen atoms in total. The number of aryl methyl sites for hydroxylation is 1. The van der Waals surface area contributed by atoms with Gasteiger partial charge in [0.2, 0.25) is 0 Å². The van der Waals surface area contributed by atoms with E-state index in [4.69, 9.17) is 9.47 Å². The molecule has 1 fully saturated rings. The van der Waals surface area contributed by atoms with Crippen molar-refractivity contribution in [2.45, 2.75) is 25.9 Å². The Morgan fingerprint density at radius 1 is 1.48 bits per heavy atom. The molecule has 0 aliphatic carbocycles. The van der Waals surface area contributed by atoms with E-state index in [-0.39, 0.29) is 17.4 Å². The van der Waals surface area contributed by atoms with Crippen molar-refractivity contribution in [3.63, 3.8) is 0 Å². The lowest BCUT2D eigenvalue weighted by Gasteiger charge is -2.11. The summed E-state index contributed by atoms with van der Waals surface area (Å²) >= 11 is 0. The van der Waals surface area contributed by atoms with Crippen molar-refractivity contribution >= 4 is 17.6 Å². The normalized spacial score (nSPS) is 16.8. The van der Waals surface area contributed by atoms with E-state index in [0.29, 0.717) is 18.7 Å². The maximum atomic E-state index is 11.8. The quantitative estimate of drug-likeness (QED) is 0.481. The Kier molecular flexibility index (Phi) is 5.64.